The molecule has 0 N–H and O–H groups in total. The molecule has 3 rings (SSSR count). The first kappa shape index (κ1) is 19.1. The molecular formula is C20H23BrN2O2S. The van der Waals surface area contributed by atoms with Crippen LogP contribution in [0, 0.1) is 13.8 Å². The van der Waals surface area contributed by atoms with E-state index in [1.54, 1.807) is 18.2 Å². The fraction of sp³-hybridized carbons (Fsp3) is 0.300. The van der Waals surface area contributed by atoms with Crippen LogP contribution >= 0.6 is 15.9 Å². The quantitative estimate of drug-likeness (QED) is 0.598. The van der Waals surface area contributed by atoms with Crippen molar-refractivity contribution in [2.45, 2.75) is 25.2 Å². The third kappa shape index (κ3) is 3.33. The Balaban J connectivity index is 2.30. The van der Waals surface area contributed by atoms with Gasteiger partial charge in [-0.05, 0) is 80.1 Å². The van der Waals surface area contributed by atoms with E-state index in [2.05, 4.69) is 26.9 Å². The molecule has 2 aromatic carbocycles. The Morgan fingerprint density at radius 2 is 1.77 bits per heavy atom. The number of fused-ring (bicyclic) bond motifs is 1. The van der Waals surface area contributed by atoms with E-state index in [4.69, 9.17) is 0 Å². The predicted molar refractivity (Wildman–Crippen MR) is 110 cm³/mol. The molecule has 138 valence electrons. The van der Waals surface area contributed by atoms with E-state index in [0.717, 1.165) is 40.7 Å². The number of hydrogen-bond acceptors (Lipinski definition) is 3. The summed E-state index contributed by atoms with van der Waals surface area (Å²) in [6.07, 6.45) is 0.803. The predicted octanol–water partition coefficient (Wildman–Crippen LogP) is 4.36. The number of nitrogens with zero attached hydrogens (tertiary/aromatic N) is 2. The van der Waals surface area contributed by atoms with Gasteiger partial charge in [-0.1, -0.05) is 23.8 Å². The van der Waals surface area contributed by atoms with Crippen molar-refractivity contribution in [2.24, 2.45) is 0 Å². The summed E-state index contributed by atoms with van der Waals surface area (Å²) in [6.45, 7) is 4.79. The Bertz CT molecular complexity index is 1070. The zero-order valence-electron chi connectivity index (χ0n) is 15.5. The SMILES string of the molecule is Cc1ccc2c(c1)c(CCN(C)C)c(C)n2S(=O)(=O)c1ccccc1Br. The first-order chi connectivity index (χ1) is 12.2. The summed E-state index contributed by atoms with van der Waals surface area (Å²) in [5.74, 6) is 0. The van der Waals surface area contributed by atoms with E-state index in [9.17, 15) is 8.42 Å². The Morgan fingerprint density at radius 1 is 1.08 bits per heavy atom. The normalized spacial score (nSPS) is 12.2. The monoisotopic (exact) mass is 434 g/mol. The molecule has 0 bridgehead atoms. The van der Waals surface area contributed by atoms with Gasteiger partial charge >= 0.3 is 0 Å². The minimum absolute atomic E-state index is 0.278. The Labute approximate surface area is 163 Å². The van der Waals surface area contributed by atoms with Gasteiger partial charge in [0.25, 0.3) is 10.0 Å². The zero-order chi connectivity index (χ0) is 19.1. The molecule has 1 heterocycles. The third-order valence-corrected chi connectivity index (χ3v) is 7.42. The van der Waals surface area contributed by atoms with E-state index in [-0.39, 0.29) is 4.90 Å². The maximum atomic E-state index is 13.4. The first-order valence-corrected chi connectivity index (χ1v) is 10.7. The molecule has 26 heavy (non-hydrogen) atoms. The lowest BCUT2D eigenvalue weighted by molar-refractivity contribution is 0.414. The molecule has 0 radical (unpaired) electrons. The second kappa shape index (κ2) is 7.18. The molecule has 0 aliphatic carbocycles. The highest BCUT2D eigenvalue weighted by molar-refractivity contribution is 9.10. The van der Waals surface area contributed by atoms with Crippen LogP contribution < -0.4 is 0 Å². The number of likely N-dealkylation sites (N-methyl/N-ethyl adjacent to an activating group) is 1. The number of halogens is 1. The molecule has 4 nitrogen and oxygen atoms in total. The molecular weight excluding hydrogens is 412 g/mol. The standard InChI is InChI=1S/C20H23BrN2O2S/c1-14-9-10-19-17(13-14)16(11-12-22(3)4)15(2)23(19)26(24,25)20-8-6-5-7-18(20)21/h5-10,13H,11-12H2,1-4H3. The minimum Gasteiger partial charge on any atom is -0.309 e. The van der Waals surface area contributed by atoms with E-state index in [1.165, 1.54) is 3.97 Å². The van der Waals surface area contributed by atoms with Crippen molar-refractivity contribution in [3.63, 3.8) is 0 Å². The van der Waals surface area contributed by atoms with Crippen LogP contribution in [-0.4, -0.2) is 37.9 Å². The number of aryl methyl sites for hydroxylation is 1. The van der Waals surface area contributed by atoms with E-state index in [0.29, 0.717) is 4.47 Å². The molecule has 0 spiro atoms. The Hall–Kier alpha value is -1.63. The third-order valence-electron chi connectivity index (χ3n) is 4.60. The van der Waals surface area contributed by atoms with E-state index >= 15 is 0 Å². The molecule has 0 atom stereocenters. The van der Waals surface area contributed by atoms with Crippen molar-refractivity contribution in [2.75, 3.05) is 20.6 Å². The molecule has 0 aliphatic rings. The summed E-state index contributed by atoms with van der Waals surface area (Å²) >= 11 is 3.39. The highest BCUT2D eigenvalue weighted by Gasteiger charge is 2.26. The number of rotatable bonds is 5. The fourth-order valence-corrected chi connectivity index (χ4v) is 5.83. The van der Waals surface area contributed by atoms with Crippen molar-refractivity contribution in [3.05, 3.63) is 63.8 Å². The number of benzene rings is 2. The van der Waals surface area contributed by atoms with Gasteiger partial charge in [0.1, 0.15) is 4.90 Å². The van der Waals surface area contributed by atoms with Gasteiger partial charge in [0.05, 0.1) is 5.52 Å². The molecule has 0 aliphatic heterocycles. The lowest BCUT2D eigenvalue weighted by atomic mass is 10.1. The maximum absolute atomic E-state index is 13.4. The Kier molecular flexibility index (Phi) is 5.28. The van der Waals surface area contributed by atoms with Crippen LogP contribution in [0.25, 0.3) is 10.9 Å². The van der Waals surface area contributed by atoms with Crippen molar-refractivity contribution < 1.29 is 8.42 Å². The molecule has 0 unspecified atom stereocenters. The van der Waals surface area contributed by atoms with Gasteiger partial charge in [0.2, 0.25) is 0 Å². The zero-order valence-corrected chi connectivity index (χ0v) is 17.9. The van der Waals surface area contributed by atoms with Gasteiger partial charge in [-0.2, -0.15) is 0 Å². The summed E-state index contributed by atoms with van der Waals surface area (Å²) in [4.78, 5) is 2.39. The van der Waals surface area contributed by atoms with Crippen LogP contribution in [0.2, 0.25) is 0 Å². The first-order valence-electron chi connectivity index (χ1n) is 8.49. The number of hydrogen-bond donors (Lipinski definition) is 0. The van der Waals surface area contributed by atoms with Gasteiger partial charge in [-0.25, -0.2) is 12.4 Å². The van der Waals surface area contributed by atoms with Crippen LogP contribution in [0.1, 0.15) is 16.8 Å². The smallest absolute Gasteiger partial charge is 0.269 e. The lowest BCUT2D eigenvalue weighted by Gasteiger charge is -2.12. The lowest BCUT2D eigenvalue weighted by Crippen LogP contribution is -2.17. The average Bonchev–Trinajstić information content (AvgIpc) is 2.84. The molecule has 3 aromatic rings. The highest BCUT2D eigenvalue weighted by atomic mass is 79.9. The fourth-order valence-electron chi connectivity index (χ4n) is 3.28. The van der Waals surface area contributed by atoms with Gasteiger partial charge in [0.15, 0.2) is 0 Å². The largest absolute Gasteiger partial charge is 0.309 e. The molecule has 0 saturated carbocycles. The van der Waals surface area contributed by atoms with Crippen molar-refractivity contribution in [1.29, 1.82) is 0 Å². The summed E-state index contributed by atoms with van der Waals surface area (Å²) in [7, 11) is 0.349. The molecule has 0 fully saturated rings. The van der Waals surface area contributed by atoms with Gasteiger partial charge < -0.3 is 4.90 Å². The van der Waals surface area contributed by atoms with Crippen LogP contribution in [0.4, 0.5) is 0 Å². The van der Waals surface area contributed by atoms with Crippen LogP contribution in [0.5, 0.6) is 0 Å². The number of aromatic nitrogens is 1. The average molecular weight is 435 g/mol. The van der Waals surface area contributed by atoms with Gasteiger partial charge in [-0.3, -0.25) is 0 Å². The second-order valence-corrected chi connectivity index (χ2v) is 9.45. The highest BCUT2D eigenvalue weighted by Crippen LogP contribution is 2.33. The molecule has 1 aromatic heterocycles. The molecule has 0 saturated heterocycles. The van der Waals surface area contributed by atoms with E-state index in [1.807, 2.05) is 46.1 Å². The Morgan fingerprint density at radius 3 is 2.42 bits per heavy atom. The summed E-state index contributed by atoms with van der Waals surface area (Å²) < 4.78 is 29.0. The van der Waals surface area contributed by atoms with Gasteiger partial charge in [-0.15, -0.1) is 0 Å². The van der Waals surface area contributed by atoms with Crippen LogP contribution in [-0.2, 0) is 16.4 Å². The topological polar surface area (TPSA) is 42.3 Å². The molecule has 6 heteroatoms. The van der Waals surface area contributed by atoms with E-state index < -0.39 is 10.0 Å². The maximum Gasteiger partial charge on any atom is 0.269 e. The van der Waals surface area contributed by atoms with Crippen LogP contribution in [0.3, 0.4) is 0 Å². The summed E-state index contributed by atoms with van der Waals surface area (Å²) in [5, 5.41) is 1.01. The van der Waals surface area contributed by atoms with Gasteiger partial charge in [0, 0.05) is 22.1 Å². The van der Waals surface area contributed by atoms with Crippen molar-refractivity contribution >= 4 is 36.9 Å². The summed E-state index contributed by atoms with van der Waals surface area (Å²) in [6, 6.07) is 12.9. The second-order valence-electron chi connectivity index (χ2n) is 6.84. The minimum atomic E-state index is -3.70. The van der Waals surface area contributed by atoms with Crippen molar-refractivity contribution in [3.8, 4) is 0 Å². The summed E-state index contributed by atoms with van der Waals surface area (Å²) in [5.41, 5.74) is 3.73. The van der Waals surface area contributed by atoms with Crippen molar-refractivity contribution in [1.82, 2.24) is 8.87 Å². The molecule has 0 amide bonds. The van der Waals surface area contributed by atoms with Crippen LogP contribution in [0.15, 0.2) is 51.8 Å².